The molecule has 2 heterocycles. The molecule has 0 atom stereocenters. The number of nitrogens with zero attached hydrogens (tertiary/aromatic N) is 4. The van der Waals surface area contributed by atoms with E-state index in [-0.39, 0.29) is 29.1 Å². The summed E-state index contributed by atoms with van der Waals surface area (Å²) >= 11 is 0. The molecule has 1 amide bonds. The number of aryl methyl sites for hydroxylation is 1. The van der Waals surface area contributed by atoms with Crippen LogP contribution in [0.2, 0.25) is 0 Å². The molecule has 0 radical (unpaired) electrons. The summed E-state index contributed by atoms with van der Waals surface area (Å²) < 4.78 is 30.8. The van der Waals surface area contributed by atoms with E-state index in [0.717, 1.165) is 24.1 Å². The molecule has 0 bridgehead atoms. The fourth-order valence-electron chi connectivity index (χ4n) is 4.67. The average Bonchev–Trinajstić information content (AvgIpc) is 3.42. The third-order valence-electron chi connectivity index (χ3n) is 6.38. The van der Waals surface area contributed by atoms with Gasteiger partial charge in [-0.1, -0.05) is 12.1 Å². The Balaban J connectivity index is 1.80. The first-order valence-corrected chi connectivity index (χ1v) is 13.2. The highest BCUT2D eigenvalue weighted by molar-refractivity contribution is 7.89. The number of amides is 1. The number of imidazole rings is 1. The fraction of sp³-hybridized carbons (Fsp3) is 0.440. The molecule has 0 aliphatic carbocycles. The minimum absolute atomic E-state index is 0.147. The molecule has 1 aliphatic heterocycles. The first-order chi connectivity index (χ1) is 16.1. The van der Waals surface area contributed by atoms with Gasteiger partial charge >= 0.3 is 5.69 Å². The molecule has 4 rings (SSSR count). The molecule has 8 nitrogen and oxygen atoms in total. The fourth-order valence-corrected chi connectivity index (χ4v) is 6.21. The molecule has 3 aromatic rings. The SMILES string of the molecule is CCN(C(=O)Cn1c(=O)n(C(C)C)c2ccc(S(=O)(=O)N3CCCC3)cc21)c1cccc(C)c1. The quantitative estimate of drug-likeness (QED) is 0.514. The smallest absolute Gasteiger partial charge is 0.311 e. The normalized spacial score (nSPS) is 14.9. The third-order valence-corrected chi connectivity index (χ3v) is 8.27. The van der Waals surface area contributed by atoms with Crippen molar-refractivity contribution in [1.82, 2.24) is 13.4 Å². The van der Waals surface area contributed by atoms with Gasteiger partial charge in [0.05, 0.1) is 15.9 Å². The first kappa shape index (κ1) is 24.2. The molecule has 1 aromatic heterocycles. The summed E-state index contributed by atoms with van der Waals surface area (Å²) in [6, 6.07) is 12.3. The number of sulfonamides is 1. The number of rotatable bonds is 7. The number of anilines is 1. The van der Waals surface area contributed by atoms with E-state index in [4.69, 9.17) is 0 Å². The van der Waals surface area contributed by atoms with Gasteiger partial charge in [0.15, 0.2) is 0 Å². The van der Waals surface area contributed by atoms with Gasteiger partial charge in [0, 0.05) is 31.4 Å². The van der Waals surface area contributed by atoms with Crippen LogP contribution >= 0.6 is 0 Å². The molecule has 1 aliphatic rings. The predicted molar refractivity (Wildman–Crippen MR) is 134 cm³/mol. The molecular formula is C25H32N4O4S. The molecule has 1 fully saturated rings. The van der Waals surface area contributed by atoms with Gasteiger partial charge in [0.25, 0.3) is 0 Å². The molecule has 2 aromatic carbocycles. The van der Waals surface area contributed by atoms with Gasteiger partial charge in [0.1, 0.15) is 6.54 Å². The van der Waals surface area contributed by atoms with Crippen LogP contribution in [0.4, 0.5) is 5.69 Å². The van der Waals surface area contributed by atoms with E-state index < -0.39 is 10.0 Å². The van der Waals surface area contributed by atoms with Crippen LogP contribution in [0.25, 0.3) is 11.0 Å². The summed E-state index contributed by atoms with van der Waals surface area (Å²) in [6.07, 6.45) is 1.69. The van der Waals surface area contributed by atoms with E-state index in [2.05, 4.69) is 0 Å². The van der Waals surface area contributed by atoms with Gasteiger partial charge in [0.2, 0.25) is 15.9 Å². The average molecular weight is 485 g/mol. The van der Waals surface area contributed by atoms with Crippen LogP contribution < -0.4 is 10.6 Å². The lowest BCUT2D eigenvalue weighted by Crippen LogP contribution is -2.37. The second-order valence-corrected chi connectivity index (χ2v) is 11.0. The number of carbonyl (C=O) groups is 1. The van der Waals surface area contributed by atoms with Gasteiger partial charge in [-0.05, 0) is 76.4 Å². The highest BCUT2D eigenvalue weighted by Crippen LogP contribution is 2.26. The summed E-state index contributed by atoms with van der Waals surface area (Å²) in [7, 11) is -3.65. The van der Waals surface area contributed by atoms with Crippen LogP contribution in [0.3, 0.4) is 0 Å². The van der Waals surface area contributed by atoms with Crippen molar-refractivity contribution in [3.63, 3.8) is 0 Å². The lowest BCUT2D eigenvalue weighted by atomic mass is 10.2. The highest BCUT2D eigenvalue weighted by atomic mass is 32.2. The second-order valence-electron chi connectivity index (χ2n) is 9.07. The molecule has 1 saturated heterocycles. The maximum Gasteiger partial charge on any atom is 0.329 e. The minimum Gasteiger partial charge on any atom is -0.311 e. The number of benzene rings is 2. The van der Waals surface area contributed by atoms with Crippen LogP contribution in [0.1, 0.15) is 45.2 Å². The summed E-state index contributed by atoms with van der Waals surface area (Å²) in [5.74, 6) is -0.231. The number of hydrogen-bond acceptors (Lipinski definition) is 4. The zero-order valence-electron chi connectivity index (χ0n) is 20.2. The molecule has 34 heavy (non-hydrogen) atoms. The van der Waals surface area contributed by atoms with Gasteiger partial charge < -0.3 is 4.90 Å². The van der Waals surface area contributed by atoms with Crippen molar-refractivity contribution in [1.29, 1.82) is 0 Å². The minimum atomic E-state index is -3.65. The van der Waals surface area contributed by atoms with Crippen molar-refractivity contribution >= 4 is 32.7 Å². The van der Waals surface area contributed by atoms with Crippen molar-refractivity contribution in [2.45, 2.75) is 58.0 Å². The molecule has 0 N–H and O–H groups in total. The summed E-state index contributed by atoms with van der Waals surface area (Å²) in [4.78, 5) is 28.5. The number of hydrogen-bond donors (Lipinski definition) is 0. The monoisotopic (exact) mass is 484 g/mol. The maximum atomic E-state index is 13.4. The number of carbonyl (C=O) groups excluding carboxylic acids is 1. The van der Waals surface area contributed by atoms with E-state index in [1.165, 1.54) is 8.87 Å². The van der Waals surface area contributed by atoms with Gasteiger partial charge in [-0.3, -0.25) is 13.9 Å². The lowest BCUT2D eigenvalue weighted by molar-refractivity contribution is -0.119. The Morgan fingerprint density at radius 2 is 1.76 bits per heavy atom. The van der Waals surface area contributed by atoms with Crippen molar-refractivity contribution in [2.24, 2.45) is 0 Å². The lowest BCUT2D eigenvalue weighted by Gasteiger charge is -2.22. The van der Waals surface area contributed by atoms with Gasteiger partial charge in [-0.15, -0.1) is 0 Å². The molecule has 182 valence electrons. The molecule has 9 heteroatoms. The topological polar surface area (TPSA) is 84.6 Å². The van der Waals surface area contributed by atoms with Crippen molar-refractivity contribution in [3.8, 4) is 0 Å². The zero-order valence-corrected chi connectivity index (χ0v) is 21.0. The summed E-state index contributed by atoms with van der Waals surface area (Å²) in [5.41, 5.74) is 2.55. The number of likely N-dealkylation sites (N-methyl/N-ethyl adjacent to an activating group) is 1. The summed E-state index contributed by atoms with van der Waals surface area (Å²) in [5, 5.41) is 0. The van der Waals surface area contributed by atoms with Crippen LogP contribution in [0.5, 0.6) is 0 Å². The number of aromatic nitrogens is 2. The van der Waals surface area contributed by atoms with Crippen molar-refractivity contribution in [3.05, 3.63) is 58.5 Å². The Morgan fingerprint density at radius 1 is 1.06 bits per heavy atom. The van der Waals surface area contributed by atoms with Crippen LogP contribution in [-0.2, 0) is 21.4 Å². The van der Waals surface area contributed by atoms with Gasteiger partial charge in [-0.25, -0.2) is 13.2 Å². The standard InChI is InChI=1S/C25H32N4O4S/c1-5-27(20-10-8-9-19(4)15-20)24(30)17-28-23-16-21(34(32,33)26-13-6-7-14-26)11-12-22(23)29(18(2)3)25(28)31/h8-12,15-16,18H,5-7,13-14,17H2,1-4H3. The molecular weight excluding hydrogens is 452 g/mol. The second kappa shape index (κ2) is 9.38. The van der Waals surface area contributed by atoms with E-state index >= 15 is 0 Å². The Morgan fingerprint density at radius 3 is 2.38 bits per heavy atom. The van der Waals surface area contributed by atoms with E-state index in [9.17, 15) is 18.0 Å². The predicted octanol–water partition coefficient (Wildman–Crippen LogP) is 3.53. The third kappa shape index (κ3) is 4.30. The van der Waals surface area contributed by atoms with E-state index in [1.54, 1.807) is 27.7 Å². The number of fused-ring (bicyclic) bond motifs is 1. The Labute approximate surface area is 200 Å². The van der Waals surface area contributed by atoms with Crippen LogP contribution in [0.15, 0.2) is 52.2 Å². The molecule has 0 spiro atoms. The van der Waals surface area contributed by atoms with Crippen LogP contribution in [-0.4, -0.2) is 47.4 Å². The van der Waals surface area contributed by atoms with Crippen molar-refractivity contribution < 1.29 is 13.2 Å². The maximum absolute atomic E-state index is 13.4. The molecule has 0 unspecified atom stereocenters. The van der Waals surface area contributed by atoms with E-state index in [0.29, 0.717) is 30.7 Å². The van der Waals surface area contributed by atoms with E-state index in [1.807, 2.05) is 52.0 Å². The summed E-state index contributed by atoms with van der Waals surface area (Å²) in [6.45, 7) is 8.92. The Bertz CT molecular complexity index is 1380. The zero-order chi connectivity index (χ0) is 24.6. The van der Waals surface area contributed by atoms with Crippen LogP contribution in [0, 0.1) is 6.92 Å². The highest BCUT2D eigenvalue weighted by Gasteiger charge is 2.29. The Kier molecular flexibility index (Phi) is 6.69. The molecule has 0 saturated carbocycles. The van der Waals surface area contributed by atoms with Crippen molar-refractivity contribution in [2.75, 3.05) is 24.5 Å². The largest absolute Gasteiger partial charge is 0.329 e. The van der Waals surface area contributed by atoms with Gasteiger partial charge in [-0.2, -0.15) is 4.31 Å². The Hall–Kier alpha value is -2.91. The first-order valence-electron chi connectivity index (χ1n) is 11.8.